The van der Waals surface area contributed by atoms with Crippen LogP contribution < -0.4 is 16.2 Å². The number of rotatable bonds is 3. The third kappa shape index (κ3) is 2.54. The van der Waals surface area contributed by atoms with E-state index in [0.717, 1.165) is 15.8 Å². The molecule has 1 heterocycles. The molecule has 21 heavy (non-hydrogen) atoms. The molecular formula is C15H13BrN2O3. The Balaban J connectivity index is 2.05. The topological polar surface area (TPSA) is 70.4 Å². The maximum Gasteiger partial charge on any atom is 0.420 e. The van der Waals surface area contributed by atoms with E-state index >= 15 is 0 Å². The van der Waals surface area contributed by atoms with E-state index in [1.807, 2.05) is 18.2 Å². The van der Waals surface area contributed by atoms with Crippen molar-refractivity contribution in [1.82, 2.24) is 4.57 Å². The summed E-state index contributed by atoms with van der Waals surface area (Å²) in [6.07, 6.45) is 0. The molecule has 2 aromatic carbocycles. The lowest BCUT2D eigenvalue weighted by molar-refractivity contribution is 0.412. The number of oxazole rings is 1. The number of hydrogen-bond acceptors (Lipinski definition) is 4. The van der Waals surface area contributed by atoms with Gasteiger partial charge in [0.05, 0.1) is 23.6 Å². The van der Waals surface area contributed by atoms with Gasteiger partial charge in [-0.05, 0) is 51.8 Å². The predicted octanol–water partition coefficient (Wildman–Crippen LogP) is 3.00. The van der Waals surface area contributed by atoms with Crippen LogP contribution in [-0.2, 0) is 6.54 Å². The molecular weight excluding hydrogens is 336 g/mol. The van der Waals surface area contributed by atoms with Gasteiger partial charge in [0.2, 0.25) is 0 Å². The van der Waals surface area contributed by atoms with E-state index in [4.69, 9.17) is 14.9 Å². The fourth-order valence-electron chi connectivity index (χ4n) is 2.22. The molecule has 0 aliphatic heterocycles. The van der Waals surface area contributed by atoms with Crippen molar-refractivity contribution < 1.29 is 9.15 Å². The molecule has 0 fully saturated rings. The molecule has 0 saturated heterocycles. The summed E-state index contributed by atoms with van der Waals surface area (Å²) >= 11 is 3.44. The Morgan fingerprint density at radius 3 is 2.81 bits per heavy atom. The second-order valence-electron chi connectivity index (χ2n) is 4.65. The van der Waals surface area contributed by atoms with Gasteiger partial charge < -0.3 is 14.9 Å². The van der Waals surface area contributed by atoms with E-state index < -0.39 is 5.76 Å². The number of ether oxygens (including phenoxy) is 1. The average molecular weight is 349 g/mol. The summed E-state index contributed by atoms with van der Waals surface area (Å²) in [5.41, 5.74) is 8.54. The minimum Gasteiger partial charge on any atom is -0.496 e. The highest BCUT2D eigenvalue weighted by Crippen LogP contribution is 2.26. The number of nitrogens with zero attached hydrogens (tertiary/aromatic N) is 1. The highest BCUT2D eigenvalue weighted by atomic mass is 79.9. The molecule has 0 atom stereocenters. The monoisotopic (exact) mass is 348 g/mol. The zero-order valence-corrected chi connectivity index (χ0v) is 12.9. The summed E-state index contributed by atoms with van der Waals surface area (Å²) in [7, 11) is 1.61. The molecule has 3 rings (SSSR count). The van der Waals surface area contributed by atoms with Crippen molar-refractivity contribution in [1.29, 1.82) is 0 Å². The molecule has 0 spiro atoms. The van der Waals surface area contributed by atoms with Gasteiger partial charge in [0, 0.05) is 5.69 Å². The van der Waals surface area contributed by atoms with Gasteiger partial charge in [0.15, 0.2) is 5.58 Å². The normalized spacial score (nSPS) is 11.0. The number of benzene rings is 2. The summed E-state index contributed by atoms with van der Waals surface area (Å²) in [6.45, 7) is 0.401. The van der Waals surface area contributed by atoms with Gasteiger partial charge in [0.25, 0.3) is 0 Å². The number of hydrogen-bond donors (Lipinski definition) is 1. The predicted molar refractivity (Wildman–Crippen MR) is 84.7 cm³/mol. The number of nitrogen functional groups attached to an aromatic ring is 1. The van der Waals surface area contributed by atoms with E-state index in [1.54, 1.807) is 29.9 Å². The highest BCUT2D eigenvalue weighted by Gasteiger charge is 2.11. The minimum atomic E-state index is -0.400. The van der Waals surface area contributed by atoms with Crippen LogP contribution in [0.15, 0.2) is 50.1 Å². The molecule has 5 nitrogen and oxygen atoms in total. The number of halogens is 1. The van der Waals surface area contributed by atoms with E-state index in [9.17, 15) is 4.79 Å². The van der Waals surface area contributed by atoms with Gasteiger partial charge in [-0.1, -0.05) is 6.07 Å². The minimum absolute atomic E-state index is 0.400. The Bertz CT molecular complexity index is 867. The zero-order chi connectivity index (χ0) is 15.0. The van der Waals surface area contributed by atoms with Crippen LogP contribution in [0, 0.1) is 0 Å². The number of fused-ring (bicyclic) bond motifs is 1. The molecule has 0 bridgehead atoms. The average Bonchev–Trinajstić information content (AvgIpc) is 2.75. The van der Waals surface area contributed by atoms with Crippen molar-refractivity contribution in [3.63, 3.8) is 0 Å². The lowest BCUT2D eigenvalue weighted by Crippen LogP contribution is -2.14. The first-order chi connectivity index (χ1) is 10.1. The first-order valence-corrected chi connectivity index (χ1v) is 7.09. The van der Waals surface area contributed by atoms with Crippen molar-refractivity contribution >= 4 is 32.7 Å². The second-order valence-corrected chi connectivity index (χ2v) is 5.50. The number of nitrogens with two attached hydrogens (primary N) is 1. The Hall–Kier alpha value is -2.21. The van der Waals surface area contributed by atoms with Gasteiger partial charge in [-0.2, -0.15) is 0 Å². The van der Waals surface area contributed by atoms with Crippen LogP contribution in [0.25, 0.3) is 11.1 Å². The zero-order valence-electron chi connectivity index (χ0n) is 11.3. The maximum atomic E-state index is 12.0. The third-order valence-electron chi connectivity index (χ3n) is 3.25. The Morgan fingerprint density at radius 2 is 2.10 bits per heavy atom. The summed E-state index contributed by atoms with van der Waals surface area (Å²) in [5, 5.41) is 0. The SMILES string of the molecule is COc1ccc(Cn2c(=O)oc3ccc(N)cc32)cc1Br. The molecule has 0 aliphatic rings. The van der Waals surface area contributed by atoms with Crippen molar-refractivity contribution in [3.05, 3.63) is 57.0 Å². The standard InChI is InChI=1S/C15H13BrN2O3/c1-20-13-4-2-9(6-11(13)16)8-18-12-7-10(17)3-5-14(12)21-15(18)19/h2-7H,8,17H2,1H3. The lowest BCUT2D eigenvalue weighted by Gasteiger charge is -2.07. The van der Waals surface area contributed by atoms with Gasteiger partial charge in [-0.15, -0.1) is 0 Å². The summed E-state index contributed by atoms with van der Waals surface area (Å²) in [6, 6.07) is 10.8. The number of methoxy groups -OCH3 is 1. The Morgan fingerprint density at radius 1 is 1.29 bits per heavy atom. The van der Waals surface area contributed by atoms with E-state index in [2.05, 4.69) is 15.9 Å². The van der Waals surface area contributed by atoms with Gasteiger partial charge in [0.1, 0.15) is 5.75 Å². The summed E-state index contributed by atoms with van der Waals surface area (Å²) in [5.74, 6) is 0.343. The van der Waals surface area contributed by atoms with Crippen LogP contribution in [-0.4, -0.2) is 11.7 Å². The van der Waals surface area contributed by atoms with Crippen LogP contribution in [0.2, 0.25) is 0 Å². The lowest BCUT2D eigenvalue weighted by atomic mass is 10.2. The van der Waals surface area contributed by atoms with Crippen molar-refractivity contribution in [3.8, 4) is 5.75 Å². The van der Waals surface area contributed by atoms with Crippen LogP contribution in [0.4, 0.5) is 5.69 Å². The van der Waals surface area contributed by atoms with Gasteiger partial charge >= 0.3 is 5.76 Å². The van der Waals surface area contributed by atoms with E-state index in [-0.39, 0.29) is 0 Å². The van der Waals surface area contributed by atoms with Crippen LogP contribution >= 0.6 is 15.9 Å². The Kier molecular flexibility index (Phi) is 3.47. The van der Waals surface area contributed by atoms with Crippen molar-refractivity contribution in [2.45, 2.75) is 6.54 Å². The molecule has 108 valence electrons. The second kappa shape index (κ2) is 5.29. The molecule has 2 N–H and O–H groups in total. The van der Waals surface area contributed by atoms with Crippen LogP contribution in [0.5, 0.6) is 5.75 Å². The largest absolute Gasteiger partial charge is 0.496 e. The maximum absolute atomic E-state index is 12.0. The first kappa shape index (κ1) is 13.8. The Labute approximate surface area is 129 Å². The van der Waals surface area contributed by atoms with Crippen LogP contribution in [0.1, 0.15) is 5.56 Å². The molecule has 0 radical (unpaired) electrons. The summed E-state index contributed by atoms with van der Waals surface area (Å²) < 4.78 is 12.8. The van der Waals surface area contributed by atoms with E-state index in [0.29, 0.717) is 23.3 Å². The molecule has 0 saturated carbocycles. The molecule has 6 heteroatoms. The number of anilines is 1. The van der Waals surface area contributed by atoms with Crippen LogP contribution in [0.3, 0.4) is 0 Å². The molecule has 3 aromatic rings. The van der Waals surface area contributed by atoms with Crippen molar-refractivity contribution in [2.75, 3.05) is 12.8 Å². The fraction of sp³-hybridized carbons (Fsp3) is 0.133. The fourth-order valence-corrected chi connectivity index (χ4v) is 2.81. The molecule has 1 aromatic heterocycles. The molecule has 0 unspecified atom stereocenters. The third-order valence-corrected chi connectivity index (χ3v) is 3.87. The van der Waals surface area contributed by atoms with E-state index in [1.165, 1.54) is 0 Å². The smallest absolute Gasteiger partial charge is 0.420 e. The van der Waals surface area contributed by atoms with Gasteiger partial charge in [-0.25, -0.2) is 4.79 Å². The first-order valence-electron chi connectivity index (χ1n) is 6.30. The quantitative estimate of drug-likeness (QED) is 0.738. The summed E-state index contributed by atoms with van der Waals surface area (Å²) in [4.78, 5) is 12.0. The van der Waals surface area contributed by atoms with Gasteiger partial charge in [-0.3, -0.25) is 4.57 Å². The highest BCUT2D eigenvalue weighted by molar-refractivity contribution is 9.10. The van der Waals surface area contributed by atoms with Crippen molar-refractivity contribution in [2.24, 2.45) is 0 Å². The molecule has 0 amide bonds. The molecule has 0 aliphatic carbocycles. The number of aromatic nitrogens is 1.